The predicted molar refractivity (Wildman–Crippen MR) is 111 cm³/mol. The number of ketones is 1. The van der Waals surface area contributed by atoms with Crippen LogP contribution in [0.2, 0.25) is 0 Å². The molecule has 1 aliphatic carbocycles. The van der Waals surface area contributed by atoms with E-state index >= 15 is 0 Å². The maximum Gasteiger partial charge on any atom is 0.236 e. The normalized spacial score (nSPS) is 21.9. The van der Waals surface area contributed by atoms with Gasteiger partial charge in [-0.3, -0.25) is 19.4 Å². The molecule has 1 aromatic carbocycles. The Kier molecular flexibility index (Phi) is 6.15. The number of Topliss-reactive ketones (excluding diaryl/α,β-unsaturated/α-hetero) is 1. The molecule has 1 saturated carbocycles. The lowest BCUT2D eigenvalue weighted by Crippen LogP contribution is -2.56. The summed E-state index contributed by atoms with van der Waals surface area (Å²) in [6, 6.07) is 5.44. The molecule has 0 N–H and O–H groups in total. The van der Waals surface area contributed by atoms with Gasteiger partial charge in [-0.15, -0.1) is 0 Å². The van der Waals surface area contributed by atoms with Gasteiger partial charge in [0.25, 0.3) is 0 Å². The standard InChI is InChI=1S/C22H31FN4O2/c1-17(28)18-5-6-21(20(23)15-18)26-9-7-24(8-10-26)16-22(29)27-13-11-25(12-14-27)19-3-2-4-19/h5-6,15,19H,2-4,7-14,16H2,1H3. The maximum absolute atomic E-state index is 14.4. The number of amides is 1. The van der Waals surface area contributed by atoms with Crippen LogP contribution in [0.1, 0.15) is 36.5 Å². The minimum atomic E-state index is -0.355. The molecule has 0 atom stereocenters. The van der Waals surface area contributed by atoms with Crippen LogP contribution in [-0.2, 0) is 4.79 Å². The number of hydrogen-bond donors (Lipinski definition) is 0. The zero-order valence-corrected chi connectivity index (χ0v) is 17.3. The van der Waals surface area contributed by atoms with Gasteiger partial charge in [-0.2, -0.15) is 0 Å². The Hall–Kier alpha value is -1.99. The van der Waals surface area contributed by atoms with E-state index in [1.165, 1.54) is 32.3 Å². The fourth-order valence-corrected chi connectivity index (χ4v) is 4.51. The predicted octanol–water partition coefficient (Wildman–Crippen LogP) is 1.85. The topological polar surface area (TPSA) is 47.1 Å². The van der Waals surface area contributed by atoms with Gasteiger partial charge in [0.05, 0.1) is 12.2 Å². The van der Waals surface area contributed by atoms with E-state index in [0.29, 0.717) is 30.9 Å². The highest BCUT2D eigenvalue weighted by Gasteiger charge is 2.30. The van der Waals surface area contributed by atoms with E-state index in [0.717, 1.165) is 45.3 Å². The molecule has 2 aliphatic heterocycles. The Morgan fingerprint density at radius 1 is 1.00 bits per heavy atom. The summed E-state index contributed by atoms with van der Waals surface area (Å²) in [6.07, 6.45) is 3.98. The molecule has 2 saturated heterocycles. The SMILES string of the molecule is CC(=O)c1ccc(N2CCN(CC(=O)N3CCN(C4CCC4)CC3)CC2)c(F)c1. The average Bonchev–Trinajstić information content (AvgIpc) is 2.68. The van der Waals surface area contributed by atoms with Gasteiger partial charge in [0.2, 0.25) is 5.91 Å². The number of nitrogens with zero attached hydrogens (tertiary/aromatic N) is 4. The van der Waals surface area contributed by atoms with Crippen LogP contribution in [0.15, 0.2) is 18.2 Å². The second-order valence-corrected chi connectivity index (χ2v) is 8.49. The molecule has 6 nitrogen and oxygen atoms in total. The first-order chi connectivity index (χ1) is 14.0. The lowest BCUT2D eigenvalue weighted by atomic mass is 9.91. The molecule has 0 bridgehead atoms. The number of carbonyl (C=O) groups excluding carboxylic acids is 2. The van der Waals surface area contributed by atoms with Crippen molar-refractivity contribution in [3.05, 3.63) is 29.6 Å². The summed E-state index contributed by atoms with van der Waals surface area (Å²) in [5.41, 5.74) is 0.931. The van der Waals surface area contributed by atoms with Crippen LogP contribution in [0.5, 0.6) is 0 Å². The number of benzene rings is 1. The smallest absolute Gasteiger partial charge is 0.236 e. The number of hydrogen-bond acceptors (Lipinski definition) is 5. The molecule has 0 spiro atoms. The number of rotatable bonds is 5. The van der Waals surface area contributed by atoms with E-state index in [9.17, 15) is 14.0 Å². The summed E-state index contributed by atoms with van der Waals surface area (Å²) >= 11 is 0. The first-order valence-electron chi connectivity index (χ1n) is 10.8. The van der Waals surface area contributed by atoms with Crippen molar-refractivity contribution in [2.75, 3.05) is 63.8 Å². The van der Waals surface area contributed by atoms with Crippen LogP contribution in [0.3, 0.4) is 0 Å². The fraction of sp³-hybridized carbons (Fsp3) is 0.636. The third-order valence-electron chi connectivity index (χ3n) is 6.68. The summed E-state index contributed by atoms with van der Waals surface area (Å²) in [7, 11) is 0. The summed E-state index contributed by atoms with van der Waals surface area (Å²) in [4.78, 5) is 32.8. The molecule has 3 fully saturated rings. The molecule has 1 aromatic rings. The Labute approximate surface area is 172 Å². The highest BCUT2D eigenvalue weighted by molar-refractivity contribution is 5.94. The van der Waals surface area contributed by atoms with Crippen molar-refractivity contribution in [1.29, 1.82) is 0 Å². The molecule has 3 aliphatic rings. The molecular weight excluding hydrogens is 371 g/mol. The third-order valence-corrected chi connectivity index (χ3v) is 6.68. The lowest BCUT2D eigenvalue weighted by Gasteiger charge is -2.43. The van der Waals surface area contributed by atoms with Crippen molar-refractivity contribution < 1.29 is 14.0 Å². The molecule has 29 heavy (non-hydrogen) atoms. The van der Waals surface area contributed by atoms with Gasteiger partial charge in [0.1, 0.15) is 5.82 Å². The molecular formula is C22H31FN4O2. The first kappa shape index (κ1) is 20.3. The van der Waals surface area contributed by atoms with Gasteiger partial charge in [-0.25, -0.2) is 4.39 Å². The molecule has 0 unspecified atom stereocenters. The molecule has 7 heteroatoms. The van der Waals surface area contributed by atoms with E-state index in [-0.39, 0.29) is 17.5 Å². The average molecular weight is 403 g/mol. The summed E-state index contributed by atoms with van der Waals surface area (Å²) in [6.45, 7) is 8.40. The van der Waals surface area contributed by atoms with Crippen molar-refractivity contribution in [2.24, 2.45) is 0 Å². The number of halogens is 1. The van der Waals surface area contributed by atoms with Crippen LogP contribution >= 0.6 is 0 Å². The highest BCUT2D eigenvalue weighted by atomic mass is 19.1. The third kappa shape index (κ3) is 4.61. The molecule has 0 radical (unpaired) electrons. The maximum atomic E-state index is 14.4. The van der Waals surface area contributed by atoms with Crippen molar-refractivity contribution in [3.8, 4) is 0 Å². The molecule has 0 aromatic heterocycles. The monoisotopic (exact) mass is 402 g/mol. The second kappa shape index (κ2) is 8.79. The van der Waals surface area contributed by atoms with E-state index in [1.807, 2.05) is 9.80 Å². The van der Waals surface area contributed by atoms with Crippen LogP contribution in [0.4, 0.5) is 10.1 Å². The quantitative estimate of drug-likeness (QED) is 0.704. The van der Waals surface area contributed by atoms with Crippen molar-refractivity contribution in [1.82, 2.24) is 14.7 Å². The number of anilines is 1. The van der Waals surface area contributed by atoms with Gasteiger partial charge in [0.15, 0.2) is 5.78 Å². The zero-order valence-electron chi connectivity index (χ0n) is 17.3. The van der Waals surface area contributed by atoms with Crippen LogP contribution < -0.4 is 4.90 Å². The first-order valence-corrected chi connectivity index (χ1v) is 10.8. The second-order valence-electron chi connectivity index (χ2n) is 8.49. The Bertz CT molecular complexity index is 751. The van der Waals surface area contributed by atoms with E-state index in [2.05, 4.69) is 9.80 Å². The van der Waals surface area contributed by atoms with Gasteiger partial charge in [-0.1, -0.05) is 6.42 Å². The molecule has 2 heterocycles. The fourth-order valence-electron chi connectivity index (χ4n) is 4.51. The van der Waals surface area contributed by atoms with E-state index < -0.39 is 0 Å². The molecule has 1 amide bonds. The van der Waals surface area contributed by atoms with Crippen LogP contribution in [-0.4, -0.2) is 91.3 Å². The van der Waals surface area contributed by atoms with Gasteiger partial charge >= 0.3 is 0 Å². The van der Waals surface area contributed by atoms with E-state index in [1.54, 1.807) is 12.1 Å². The minimum absolute atomic E-state index is 0.132. The van der Waals surface area contributed by atoms with E-state index in [4.69, 9.17) is 0 Å². The zero-order chi connectivity index (χ0) is 20.4. The molecule has 158 valence electrons. The molecule has 4 rings (SSSR count). The summed E-state index contributed by atoms with van der Waals surface area (Å²) in [5.74, 6) is -0.275. The van der Waals surface area contributed by atoms with Crippen molar-refractivity contribution in [3.63, 3.8) is 0 Å². The summed E-state index contributed by atoms with van der Waals surface area (Å²) in [5, 5.41) is 0. The van der Waals surface area contributed by atoms with Crippen LogP contribution in [0.25, 0.3) is 0 Å². The number of carbonyl (C=O) groups is 2. The Morgan fingerprint density at radius 2 is 1.69 bits per heavy atom. The Morgan fingerprint density at radius 3 is 2.24 bits per heavy atom. The van der Waals surface area contributed by atoms with Gasteiger partial charge < -0.3 is 9.80 Å². The van der Waals surface area contributed by atoms with Gasteiger partial charge in [0, 0.05) is 64.0 Å². The van der Waals surface area contributed by atoms with Crippen LogP contribution in [0, 0.1) is 5.82 Å². The largest absolute Gasteiger partial charge is 0.367 e. The van der Waals surface area contributed by atoms with Crippen molar-refractivity contribution >= 4 is 17.4 Å². The van der Waals surface area contributed by atoms with Crippen molar-refractivity contribution in [2.45, 2.75) is 32.2 Å². The highest BCUT2D eigenvalue weighted by Crippen LogP contribution is 2.26. The minimum Gasteiger partial charge on any atom is -0.367 e. The Balaban J connectivity index is 1.24. The van der Waals surface area contributed by atoms with Gasteiger partial charge in [-0.05, 0) is 38.0 Å². The number of piperazine rings is 2. The summed E-state index contributed by atoms with van der Waals surface area (Å²) < 4.78 is 14.4. The lowest BCUT2D eigenvalue weighted by molar-refractivity contribution is -0.134.